The van der Waals surface area contributed by atoms with Gasteiger partial charge in [0.2, 0.25) is 0 Å². The Balaban J connectivity index is 1.36. The van der Waals surface area contributed by atoms with E-state index in [2.05, 4.69) is 57.9 Å². The highest BCUT2D eigenvalue weighted by molar-refractivity contribution is 7.67. The van der Waals surface area contributed by atoms with Crippen LogP contribution in [0.4, 0.5) is 0 Å². The van der Waals surface area contributed by atoms with Gasteiger partial charge in [0.05, 0.1) is 22.1 Å². The van der Waals surface area contributed by atoms with Gasteiger partial charge in [0, 0.05) is 0 Å². The van der Waals surface area contributed by atoms with Gasteiger partial charge in [0.1, 0.15) is 0 Å². The molecule has 2 heterocycles. The third kappa shape index (κ3) is 5.70. The summed E-state index contributed by atoms with van der Waals surface area (Å²) in [4.78, 5) is 11.4. The van der Waals surface area contributed by atoms with E-state index in [1.165, 1.54) is 162 Å². The van der Waals surface area contributed by atoms with Gasteiger partial charge < -0.3 is 0 Å². The Hall–Kier alpha value is -1.76. The third-order valence-corrected chi connectivity index (χ3v) is 18.3. The number of benzene rings is 2. The minimum atomic E-state index is -0.370. The minimum Gasteiger partial charge on any atom is -0.227 e. The molecule has 0 unspecified atom stereocenters. The molecule has 44 heavy (non-hydrogen) atoms. The van der Waals surface area contributed by atoms with E-state index in [9.17, 15) is 0 Å². The summed E-state index contributed by atoms with van der Waals surface area (Å²) in [7, 11) is -0.740. The molecule has 0 bridgehead atoms. The lowest BCUT2D eigenvalue weighted by Crippen LogP contribution is -2.38. The molecule has 4 saturated carbocycles. The Morgan fingerprint density at radius 2 is 0.705 bits per heavy atom. The highest BCUT2D eigenvalue weighted by Gasteiger charge is 2.40. The Morgan fingerprint density at radius 3 is 1.02 bits per heavy atom. The number of rotatable bonds is 7. The van der Waals surface area contributed by atoms with Crippen LogP contribution in [-0.2, 0) is 0 Å². The van der Waals surface area contributed by atoms with Gasteiger partial charge in [-0.3, -0.25) is 0 Å². The van der Waals surface area contributed by atoms with Crippen LogP contribution in [0.2, 0.25) is 0 Å². The SMILES string of the molecule is c1ccc2c(c1)nc(P(C1CCCCC1)C1CCCCC1)n2-n1c(P(C2CCCCC2)C2CCCCC2)nc2ccccc21. The Morgan fingerprint density at radius 1 is 0.409 bits per heavy atom. The van der Waals surface area contributed by atoms with Gasteiger partial charge in [0.25, 0.3) is 0 Å². The van der Waals surface area contributed by atoms with Crippen molar-refractivity contribution in [2.75, 3.05) is 0 Å². The predicted octanol–water partition coefficient (Wildman–Crippen LogP) is 10.2. The number of nitrogens with zero attached hydrogens (tertiary/aromatic N) is 4. The Bertz CT molecular complexity index is 1380. The van der Waals surface area contributed by atoms with Gasteiger partial charge in [-0.15, -0.1) is 0 Å². The van der Waals surface area contributed by atoms with E-state index in [1.54, 1.807) is 0 Å². The quantitative estimate of drug-likeness (QED) is 0.191. The van der Waals surface area contributed by atoms with Crippen LogP contribution in [0.25, 0.3) is 22.1 Å². The number of fused-ring (bicyclic) bond motifs is 2. The monoisotopic (exact) mass is 626 g/mol. The molecule has 0 atom stereocenters. The fourth-order valence-corrected chi connectivity index (χ4v) is 16.9. The summed E-state index contributed by atoms with van der Waals surface area (Å²) in [5.74, 6) is 0. The number of hydrogen-bond donors (Lipinski definition) is 0. The lowest BCUT2D eigenvalue weighted by Gasteiger charge is -2.39. The Kier molecular flexibility index (Phi) is 9.11. The summed E-state index contributed by atoms with van der Waals surface area (Å²) >= 11 is 0. The van der Waals surface area contributed by atoms with Crippen molar-refractivity contribution in [2.24, 2.45) is 0 Å². The number of hydrogen-bond acceptors (Lipinski definition) is 2. The van der Waals surface area contributed by atoms with Crippen molar-refractivity contribution in [3.8, 4) is 0 Å². The largest absolute Gasteiger partial charge is 0.227 e. The van der Waals surface area contributed by atoms with Crippen molar-refractivity contribution in [3.63, 3.8) is 0 Å². The average Bonchev–Trinajstić information content (AvgIpc) is 3.65. The van der Waals surface area contributed by atoms with E-state index in [1.807, 2.05) is 0 Å². The second-order valence-electron chi connectivity index (χ2n) is 14.4. The maximum Gasteiger partial charge on any atom is 0.152 e. The molecule has 0 N–H and O–H groups in total. The molecule has 2 aromatic heterocycles. The van der Waals surface area contributed by atoms with Crippen LogP contribution in [0.15, 0.2) is 48.5 Å². The van der Waals surface area contributed by atoms with E-state index < -0.39 is 0 Å². The van der Waals surface area contributed by atoms with Gasteiger partial charge >= 0.3 is 0 Å². The summed E-state index contributed by atoms with van der Waals surface area (Å²) in [6, 6.07) is 18.2. The molecule has 6 heteroatoms. The van der Waals surface area contributed by atoms with Gasteiger partial charge in [-0.05, 0) is 114 Å². The molecule has 0 radical (unpaired) electrons. The van der Waals surface area contributed by atoms with Crippen LogP contribution in [0.1, 0.15) is 128 Å². The zero-order valence-corrected chi connectivity index (χ0v) is 28.5. The van der Waals surface area contributed by atoms with Crippen LogP contribution in [0, 0.1) is 0 Å². The first-order valence-corrected chi connectivity index (χ1v) is 21.3. The van der Waals surface area contributed by atoms with E-state index in [4.69, 9.17) is 9.97 Å². The van der Waals surface area contributed by atoms with Gasteiger partial charge in [0.15, 0.2) is 11.1 Å². The first-order valence-electron chi connectivity index (χ1n) is 18.4. The average molecular weight is 627 g/mol. The van der Waals surface area contributed by atoms with Gasteiger partial charge in [-0.2, -0.15) is 0 Å². The molecule has 2 aromatic carbocycles. The highest BCUT2D eigenvalue weighted by Crippen LogP contribution is 2.57. The summed E-state index contributed by atoms with van der Waals surface area (Å²) in [5, 5.41) is 0. The lowest BCUT2D eigenvalue weighted by molar-refractivity contribution is 0.485. The van der Waals surface area contributed by atoms with Crippen molar-refractivity contribution in [2.45, 2.75) is 151 Å². The molecule has 8 rings (SSSR count). The standard InChI is InChI=1S/C38H52N4P2/c1-5-17-29(18-6-1)43(30-19-7-2-8-20-30)37-39-33-25-13-15-27-35(33)41(37)42-36-28-16-14-26-34(36)40-38(42)44(31-21-9-3-10-22-31)32-23-11-4-12-24-32/h13-16,25-32H,1-12,17-24H2. The van der Waals surface area contributed by atoms with E-state index >= 15 is 0 Å². The molecular weight excluding hydrogens is 574 g/mol. The lowest BCUT2D eigenvalue weighted by atomic mass is 9.99. The minimum absolute atomic E-state index is 0.370. The first kappa shape index (κ1) is 29.6. The summed E-state index contributed by atoms with van der Waals surface area (Å²) < 4.78 is 5.38. The highest BCUT2D eigenvalue weighted by atomic mass is 31.1. The molecule has 0 amide bonds. The zero-order chi connectivity index (χ0) is 29.3. The van der Waals surface area contributed by atoms with E-state index in [0.717, 1.165) is 22.6 Å². The molecule has 4 aliphatic rings. The van der Waals surface area contributed by atoms with Crippen molar-refractivity contribution in [3.05, 3.63) is 48.5 Å². The third-order valence-electron chi connectivity index (χ3n) is 11.6. The molecule has 234 valence electrons. The molecule has 4 fully saturated rings. The summed E-state index contributed by atoms with van der Waals surface area (Å²) in [6.45, 7) is 0. The summed E-state index contributed by atoms with van der Waals surface area (Å²) in [6.07, 6.45) is 28.2. The van der Waals surface area contributed by atoms with Crippen LogP contribution < -0.4 is 11.1 Å². The molecular formula is C38H52N4P2. The fraction of sp³-hybridized carbons (Fsp3) is 0.632. The number of aromatic nitrogens is 4. The van der Waals surface area contributed by atoms with Crippen molar-refractivity contribution in [1.82, 2.24) is 19.3 Å². The van der Waals surface area contributed by atoms with Crippen LogP contribution >= 0.6 is 15.8 Å². The second kappa shape index (κ2) is 13.5. The van der Waals surface area contributed by atoms with Crippen LogP contribution in [0.3, 0.4) is 0 Å². The maximum atomic E-state index is 5.70. The fourth-order valence-electron chi connectivity index (χ4n) is 9.42. The van der Waals surface area contributed by atoms with E-state index in [-0.39, 0.29) is 15.8 Å². The molecule has 4 nitrogen and oxygen atoms in total. The van der Waals surface area contributed by atoms with E-state index in [0.29, 0.717) is 0 Å². The van der Waals surface area contributed by atoms with Crippen molar-refractivity contribution < 1.29 is 0 Å². The van der Waals surface area contributed by atoms with Crippen molar-refractivity contribution >= 4 is 49.0 Å². The number of para-hydroxylation sites is 4. The zero-order valence-electron chi connectivity index (χ0n) is 26.8. The van der Waals surface area contributed by atoms with Gasteiger partial charge in [-0.25, -0.2) is 19.3 Å². The second-order valence-corrected chi connectivity index (χ2v) is 19.8. The molecule has 0 saturated heterocycles. The molecule has 4 aliphatic carbocycles. The smallest absolute Gasteiger partial charge is 0.152 e. The Labute approximate surface area is 267 Å². The predicted molar refractivity (Wildman–Crippen MR) is 191 cm³/mol. The van der Waals surface area contributed by atoms with Gasteiger partial charge in [-0.1, -0.05) is 101 Å². The molecule has 0 aliphatic heterocycles. The van der Waals surface area contributed by atoms with Crippen molar-refractivity contribution in [1.29, 1.82) is 0 Å². The molecule has 4 aromatic rings. The maximum absolute atomic E-state index is 5.70. The van der Waals surface area contributed by atoms with Crippen LogP contribution in [0.5, 0.6) is 0 Å². The van der Waals surface area contributed by atoms with Crippen LogP contribution in [-0.4, -0.2) is 42.0 Å². The summed E-state index contributed by atoms with van der Waals surface area (Å²) in [5.41, 5.74) is 11.1. The molecule has 0 spiro atoms. The number of imidazole rings is 2. The normalized spacial score (nSPS) is 22.1. The first-order chi connectivity index (χ1) is 21.9. The topological polar surface area (TPSA) is 35.6 Å².